The molecule has 2 aromatic heterocycles. The van der Waals surface area contributed by atoms with Crippen molar-refractivity contribution >= 4 is 21.7 Å². The second kappa shape index (κ2) is 6.84. The van der Waals surface area contributed by atoms with Gasteiger partial charge in [-0.2, -0.15) is 0 Å². The Morgan fingerprint density at radius 2 is 1.77 bits per heavy atom. The SMILES string of the molecule is CCc1cccc(-c2cnc(-n3cc(S(C)=O)c4ccccc43)nc2)c1. The van der Waals surface area contributed by atoms with Crippen LogP contribution in [-0.2, 0) is 17.2 Å². The van der Waals surface area contributed by atoms with Gasteiger partial charge in [-0.3, -0.25) is 8.78 Å². The highest BCUT2D eigenvalue weighted by Crippen LogP contribution is 2.26. The van der Waals surface area contributed by atoms with E-state index in [0.29, 0.717) is 5.95 Å². The lowest BCUT2D eigenvalue weighted by Crippen LogP contribution is -1.99. The molecule has 0 amide bonds. The van der Waals surface area contributed by atoms with Crippen LogP contribution in [0.4, 0.5) is 0 Å². The molecule has 0 aliphatic heterocycles. The Labute approximate surface area is 155 Å². The van der Waals surface area contributed by atoms with Crippen LogP contribution in [0.15, 0.2) is 72.0 Å². The second-order valence-corrected chi connectivity index (χ2v) is 7.51. The zero-order valence-electron chi connectivity index (χ0n) is 14.7. The molecule has 4 aromatic rings. The van der Waals surface area contributed by atoms with Gasteiger partial charge < -0.3 is 0 Å². The van der Waals surface area contributed by atoms with Gasteiger partial charge in [-0.15, -0.1) is 0 Å². The van der Waals surface area contributed by atoms with Crippen molar-refractivity contribution in [2.45, 2.75) is 18.2 Å². The van der Waals surface area contributed by atoms with E-state index in [1.165, 1.54) is 5.56 Å². The Kier molecular flexibility index (Phi) is 4.39. The maximum atomic E-state index is 12.1. The van der Waals surface area contributed by atoms with Crippen LogP contribution in [0, 0.1) is 0 Å². The van der Waals surface area contributed by atoms with Crippen molar-refractivity contribution in [3.05, 3.63) is 72.7 Å². The molecule has 0 aliphatic carbocycles. The molecule has 1 atom stereocenters. The van der Waals surface area contributed by atoms with E-state index < -0.39 is 10.8 Å². The molecule has 26 heavy (non-hydrogen) atoms. The smallest absolute Gasteiger partial charge is 0.234 e. The Bertz CT molecular complexity index is 1100. The van der Waals surface area contributed by atoms with Crippen LogP contribution in [0.2, 0.25) is 0 Å². The van der Waals surface area contributed by atoms with Crippen molar-refractivity contribution in [3.63, 3.8) is 0 Å². The third kappa shape index (κ3) is 2.95. The third-order valence-electron chi connectivity index (χ3n) is 4.51. The van der Waals surface area contributed by atoms with Gasteiger partial charge in [-0.1, -0.05) is 49.4 Å². The quantitative estimate of drug-likeness (QED) is 0.542. The van der Waals surface area contributed by atoms with Gasteiger partial charge in [-0.25, -0.2) is 9.97 Å². The van der Waals surface area contributed by atoms with E-state index in [0.717, 1.165) is 33.3 Å². The molecular formula is C21H19N3OS. The van der Waals surface area contributed by atoms with Gasteiger partial charge in [0.25, 0.3) is 0 Å². The largest absolute Gasteiger partial charge is 0.284 e. The first-order valence-electron chi connectivity index (χ1n) is 8.52. The van der Waals surface area contributed by atoms with Crippen LogP contribution in [0.5, 0.6) is 0 Å². The van der Waals surface area contributed by atoms with Crippen LogP contribution >= 0.6 is 0 Å². The minimum absolute atomic E-state index is 0.577. The lowest BCUT2D eigenvalue weighted by atomic mass is 10.0. The molecule has 0 fully saturated rings. The highest BCUT2D eigenvalue weighted by molar-refractivity contribution is 7.84. The monoisotopic (exact) mass is 361 g/mol. The summed E-state index contributed by atoms with van der Waals surface area (Å²) in [6.45, 7) is 2.14. The van der Waals surface area contributed by atoms with E-state index in [-0.39, 0.29) is 0 Å². The average molecular weight is 361 g/mol. The van der Waals surface area contributed by atoms with Crippen LogP contribution < -0.4 is 0 Å². The van der Waals surface area contributed by atoms with E-state index in [9.17, 15) is 4.21 Å². The molecule has 0 spiro atoms. The van der Waals surface area contributed by atoms with Crippen molar-refractivity contribution in [1.29, 1.82) is 0 Å². The lowest BCUT2D eigenvalue weighted by Gasteiger charge is -2.06. The fraction of sp³-hybridized carbons (Fsp3) is 0.143. The van der Waals surface area contributed by atoms with Crippen molar-refractivity contribution in [3.8, 4) is 17.1 Å². The Morgan fingerprint density at radius 1 is 1.00 bits per heavy atom. The van der Waals surface area contributed by atoms with Crippen molar-refractivity contribution in [2.24, 2.45) is 0 Å². The van der Waals surface area contributed by atoms with Gasteiger partial charge in [-0.05, 0) is 23.6 Å². The standard InChI is InChI=1S/C21H19N3OS/c1-3-15-7-6-8-16(11-15)17-12-22-21(23-13-17)24-14-20(26(2)25)18-9-4-5-10-19(18)24/h4-14H,3H2,1-2H3. The molecular weight excluding hydrogens is 342 g/mol. The molecule has 0 saturated heterocycles. The number of nitrogens with zero attached hydrogens (tertiary/aromatic N) is 3. The highest BCUT2D eigenvalue weighted by atomic mass is 32.2. The summed E-state index contributed by atoms with van der Waals surface area (Å²) < 4.78 is 14.0. The highest BCUT2D eigenvalue weighted by Gasteiger charge is 2.13. The summed E-state index contributed by atoms with van der Waals surface area (Å²) in [6, 6.07) is 16.3. The topological polar surface area (TPSA) is 47.8 Å². The maximum absolute atomic E-state index is 12.1. The molecule has 4 rings (SSSR count). The number of fused-ring (bicyclic) bond motifs is 1. The molecule has 0 bridgehead atoms. The molecule has 0 radical (unpaired) electrons. The molecule has 2 aromatic carbocycles. The van der Waals surface area contributed by atoms with E-state index in [2.05, 4.69) is 41.2 Å². The summed E-state index contributed by atoms with van der Waals surface area (Å²) in [5.41, 5.74) is 4.35. The molecule has 4 nitrogen and oxygen atoms in total. The summed E-state index contributed by atoms with van der Waals surface area (Å²) >= 11 is 0. The van der Waals surface area contributed by atoms with Gasteiger partial charge in [0.1, 0.15) is 0 Å². The number of hydrogen-bond donors (Lipinski definition) is 0. The maximum Gasteiger partial charge on any atom is 0.234 e. The number of aromatic nitrogens is 3. The van der Waals surface area contributed by atoms with Gasteiger partial charge in [0.2, 0.25) is 5.95 Å². The zero-order chi connectivity index (χ0) is 18.1. The van der Waals surface area contributed by atoms with E-state index >= 15 is 0 Å². The summed E-state index contributed by atoms with van der Waals surface area (Å²) in [4.78, 5) is 9.91. The zero-order valence-corrected chi connectivity index (χ0v) is 15.5. The molecule has 2 heterocycles. The Morgan fingerprint density at radius 3 is 2.50 bits per heavy atom. The van der Waals surface area contributed by atoms with Crippen LogP contribution in [0.3, 0.4) is 0 Å². The summed E-state index contributed by atoms with van der Waals surface area (Å²) in [6.07, 6.45) is 8.24. The molecule has 5 heteroatoms. The lowest BCUT2D eigenvalue weighted by molar-refractivity contribution is 0.687. The minimum Gasteiger partial charge on any atom is -0.284 e. The predicted octanol–water partition coefficient (Wildman–Crippen LogP) is 4.39. The Balaban J connectivity index is 1.78. The number of rotatable bonds is 4. The van der Waals surface area contributed by atoms with E-state index in [1.807, 2.05) is 47.4 Å². The van der Waals surface area contributed by atoms with Crippen LogP contribution in [0.25, 0.3) is 28.0 Å². The van der Waals surface area contributed by atoms with Gasteiger partial charge in [0, 0.05) is 35.8 Å². The van der Waals surface area contributed by atoms with Crippen molar-refractivity contribution in [1.82, 2.24) is 14.5 Å². The first-order chi connectivity index (χ1) is 12.7. The molecule has 0 N–H and O–H groups in total. The first kappa shape index (κ1) is 16.7. The number of benzene rings is 2. The average Bonchev–Trinajstić information content (AvgIpc) is 3.08. The summed E-state index contributed by atoms with van der Waals surface area (Å²) in [7, 11) is -1.07. The Hall–Kier alpha value is -2.79. The summed E-state index contributed by atoms with van der Waals surface area (Å²) in [5.74, 6) is 0.577. The molecule has 0 aliphatic rings. The number of hydrogen-bond acceptors (Lipinski definition) is 3. The molecule has 0 saturated carbocycles. The fourth-order valence-electron chi connectivity index (χ4n) is 3.11. The first-order valence-corrected chi connectivity index (χ1v) is 10.1. The number of para-hydroxylation sites is 1. The third-order valence-corrected chi connectivity index (χ3v) is 5.45. The fourth-order valence-corrected chi connectivity index (χ4v) is 3.84. The molecule has 130 valence electrons. The van der Waals surface area contributed by atoms with E-state index in [1.54, 1.807) is 6.26 Å². The second-order valence-electron chi connectivity index (χ2n) is 6.16. The normalized spacial score (nSPS) is 12.4. The van der Waals surface area contributed by atoms with Crippen LogP contribution in [-0.4, -0.2) is 25.0 Å². The summed E-state index contributed by atoms with van der Waals surface area (Å²) in [5, 5.41) is 0.969. The van der Waals surface area contributed by atoms with Gasteiger partial charge in [0.15, 0.2) is 0 Å². The van der Waals surface area contributed by atoms with Crippen LogP contribution in [0.1, 0.15) is 12.5 Å². The van der Waals surface area contributed by atoms with Gasteiger partial charge in [0.05, 0.1) is 21.2 Å². The van der Waals surface area contributed by atoms with Gasteiger partial charge >= 0.3 is 0 Å². The van der Waals surface area contributed by atoms with Crippen molar-refractivity contribution < 1.29 is 4.21 Å². The predicted molar refractivity (Wildman–Crippen MR) is 106 cm³/mol. The number of aryl methyl sites for hydroxylation is 1. The van der Waals surface area contributed by atoms with Crippen molar-refractivity contribution in [2.75, 3.05) is 6.26 Å². The minimum atomic E-state index is -1.07. The molecule has 1 unspecified atom stereocenters. The van der Waals surface area contributed by atoms with E-state index in [4.69, 9.17) is 0 Å².